The van der Waals surface area contributed by atoms with Crippen molar-refractivity contribution in [2.45, 2.75) is 20.3 Å². The monoisotopic (exact) mass is 515 g/mol. The minimum absolute atomic E-state index is 0.0844. The van der Waals surface area contributed by atoms with E-state index in [4.69, 9.17) is 16.3 Å². The summed E-state index contributed by atoms with van der Waals surface area (Å²) in [5, 5.41) is 15.2. The lowest BCUT2D eigenvalue weighted by Gasteiger charge is -2.13. The number of aliphatic imine (C=N–C) groups is 1. The Hall–Kier alpha value is -3.67. The summed E-state index contributed by atoms with van der Waals surface area (Å²) in [6.45, 7) is 11.6. The predicted molar refractivity (Wildman–Crippen MR) is 147 cm³/mol. The molecule has 7 nitrogen and oxygen atoms in total. The van der Waals surface area contributed by atoms with Gasteiger partial charge in [0, 0.05) is 49.1 Å². The van der Waals surface area contributed by atoms with Crippen molar-refractivity contribution in [3.8, 4) is 6.07 Å². The molecule has 0 heterocycles. The number of likely N-dealkylation sites (N-methyl/N-ethyl adjacent to an activating group) is 1. The third kappa shape index (κ3) is 14.6. The fourth-order valence-corrected chi connectivity index (χ4v) is 2.53. The van der Waals surface area contributed by atoms with Gasteiger partial charge in [-0.1, -0.05) is 36.4 Å². The van der Waals surface area contributed by atoms with E-state index in [1.165, 1.54) is 30.5 Å². The second-order valence-electron chi connectivity index (χ2n) is 7.37. The summed E-state index contributed by atoms with van der Waals surface area (Å²) >= 11 is 5.67. The van der Waals surface area contributed by atoms with Gasteiger partial charge in [0.05, 0.1) is 23.4 Å². The van der Waals surface area contributed by atoms with Crippen LogP contribution in [0.4, 0.5) is 4.39 Å². The summed E-state index contributed by atoms with van der Waals surface area (Å²) in [5.41, 5.74) is 1.48. The molecule has 0 spiro atoms. The molecule has 0 radical (unpaired) electrons. The summed E-state index contributed by atoms with van der Waals surface area (Å²) in [7, 11) is 3.81. The highest BCUT2D eigenvalue weighted by atomic mass is 35.5. The molecule has 0 aliphatic carbocycles. The van der Waals surface area contributed by atoms with Gasteiger partial charge in [-0.2, -0.15) is 5.26 Å². The maximum Gasteiger partial charge on any atom is 0.247 e. The Bertz CT molecular complexity index is 1010. The van der Waals surface area contributed by atoms with E-state index < -0.39 is 5.83 Å². The zero-order chi connectivity index (χ0) is 27.3. The highest BCUT2D eigenvalue weighted by Crippen LogP contribution is 2.14. The molecule has 0 aliphatic rings. The lowest BCUT2D eigenvalue weighted by molar-refractivity contribution is -0.115. The summed E-state index contributed by atoms with van der Waals surface area (Å²) < 4.78 is 19.4. The molecule has 0 saturated heterocycles. The molecular weight excluding hydrogens is 481 g/mol. The van der Waals surface area contributed by atoms with Crippen LogP contribution in [0.2, 0.25) is 0 Å². The third-order valence-corrected chi connectivity index (χ3v) is 4.54. The van der Waals surface area contributed by atoms with Gasteiger partial charge in [-0.25, -0.2) is 4.39 Å². The quantitative estimate of drug-likeness (QED) is 0.0972. The Balaban J connectivity index is 5.77. The van der Waals surface area contributed by atoms with E-state index in [-0.39, 0.29) is 23.9 Å². The Kier molecular flexibility index (Phi) is 17.6. The van der Waals surface area contributed by atoms with Crippen molar-refractivity contribution in [3.63, 3.8) is 0 Å². The molecular formula is C27H35ClFN5O2. The van der Waals surface area contributed by atoms with Gasteiger partial charge in [-0.15, -0.1) is 0 Å². The number of nitrogens with one attached hydrogen (secondary N) is 2. The molecule has 0 bridgehead atoms. The molecule has 0 rings (SSSR count). The fourth-order valence-electron chi connectivity index (χ4n) is 2.47. The number of allylic oxidation sites excluding steroid dienone is 8. The van der Waals surface area contributed by atoms with E-state index in [1.54, 1.807) is 31.2 Å². The smallest absolute Gasteiger partial charge is 0.247 e. The molecule has 0 aliphatic heterocycles. The number of rotatable bonds is 16. The number of carbonyl (C=O) groups excluding carboxylic acids is 1. The minimum Gasteiger partial charge on any atom is -0.492 e. The topological polar surface area (TPSA) is 89.8 Å². The number of halogens is 2. The Morgan fingerprint density at radius 3 is 2.53 bits per heavy atom. The van der Waals surface area contributed by atoms with Crippen LogP contribution in [0, 0.1) is 11.3 Å². The molecule has 0 unspecified atom stereocenters. The maximum atomic E-state index is 13.7. The molecule has 0 aromatic rings. The molecule has 0 fully saturated rings. The number of ether oxygens (including phenoxy) is 1. The number of hydrogen-bond donors (Lipinski definition) is 2. The first-order valence-corrected chi connectivity index (χ1v) is 11.5. The van der Waals surface area contributed by atoms with Crippen LogP contribution in [0.5, 0.6) is 0 Å². The molecule has 2 N–H and O–H groups in total. The highest BCUT2D eigenvalue weighted by molar-refractivity contribution is 6.31. The molecule has 1 amide bonds. The van der Waals surface area contributed by atoms with Gasteiger partial charge in [0.2, 0.25) is 5.91 Å². The molecule has 0 atom stereocenters. The highest BCUT2D eigenvalue weighted by Gasteiger charge is 2.08. The minimum atomic E-state index is -0.609. The van der Waals surface area contributed by atoms with E-state index in [9.17, 15) is 14.4 Å². The summed E-state index contributed by atoms with van der Waals surface area (Å²) in [6.07, 6.45) is 14.0. The van der Waals surface area contributed by atoms with Crippen LogP contribution in [0.1, 0.15) is 20.3 Å². The van der Waals surface area contributed by atoms with E-state index in [1.807, 2.05) is 25.9 Å². The zero-order valence-electron chi connectivity index (χ0n) is 21.4. The Morgan fingerprint density at radius 1 is 1.22 bits per heavy atom. The second kappa shape index (κ2) is 19.6. The van der Waals surface area contributed by atoms with Crippen LogP contribution >= 0.6 is 11.6 Å². The molecule has 9 heteroatoms. The van der Waals surface area contributed by atoms with Crippen molar-refractivity contribution < 1.29 is 13.9 Å². The third-order valence-electron chi connectivity index (χ3n) is 4.20. The van der Waals surface area contributed by atoms with Gasteiger partial charge >= 0.3 is 0 Å². The van der Waals surface area contributed by atoms with Crippen molar-refractivity contribution in [3.05, 3.63) is 95.0 Å². The maximum absolute atomic E-state index is 13.7. The summed E-state index contributed by atoms with van der Waals surface area (Å²) in [6, 6.07) is 2.09. The number of nitriles is 1. The first-order chi connectivity index (χ1) is 17.2. The van der Waals surface area contributed by atoms with Crippen molar-refractivity contribution in [2.24, 2.45) is 4.99 Å². The van der Waals surface area contributed by atoms with Gasteiger partial charge in [0.1, 0.15) is 11.6 Å². The SMILES string of the molecule is C=C/C(Cl)=C(F)\C=C/CNC(/C=C/C/C(NC(=O)/C=C/CN(C)C)=C(\C=C\N=C)OCC)=C(/C)C#N. The van der Waals surface area contributed by atoms with Crippen LogP contribution in [-0.2, 0) is 9.53 Å². The first-order valence-electron chi connectivity index (χ1n) is 11.2. The van der Waals surface area contributed by atoms with E-state index in [0.29, 0.717) is 35.9 Å². The van der Waals surface area contributed by atoms with Gasteiger partial charge in [-0.05, 0) is 52.9 Å². The fraction of sp³-hybridized carbons (Fsp3) is 0.296. The average molecular weight is 516 g/mol. The van der Waals surface area contributed by atoms with E-state index in [0.717, 1.165) is 0 Å². The normalized spacial score (nSPS) is 14.1. The van der Waals surface area contributed by atoms with E-state index in [2.05, 4.69) is 35.0 Å². The number of hydrogen-bond acceptors (Lipinski definition) is 6. The van der Waals surface area contributed by atoms with E-state index >= 15 is 0 Å². The van der Waals surface area contributed by atoms with Crippen LogP contribution in [0.25, 0.3) is 0 Å². The van der Waals surface area contributed by atoms with Gasteiger partial charge in [0.15, 0.2) is 0 Å². The number of amides is 1. The Labute approximate surface area is 219 Å². The van der Waals surface area contributed by atoms with Crippen LogP contribution < -0.4 is 10.6 Å². The first kappa shape index (κ1) is 32.3. The lowest BCUT2D eigenvalue weighted by atomic mass is 10.2. The van der Waals surface area contributed by atoms with Crippen molar-refractivity contribution in [2.75, 3.05) is 33.8 Å². The van der Waals surface area contributed by atoms with Crippen LogP contribution in [-0.4, -0.2) is 51.3 Å². The second-order valence-corrected chi connectivity index (χ2v) is 7.78. The van der Waals surface area contributed by atoms with Gasteiger partial charge < -0.3 is 20.3 Å². The Morgan fingerprint density at radius 2 is 1.94 bits per heavy atom. The largest absolute Gasteiger partial charge is 0.492 e. The number of nitrogens with zero attached hydrogens (tertiary/aromatic N) is 3. The van der Waals surface area contributed by atoms with Crippen molar-refractivity contribution >= 4 is 24.2 Å². The number of carbonyl (C=O) groups is 1. The van der Waals surface area contributed by atoms with Crippen LogP contribution in [0.3, 0.4) is 0 Å². The molecule has 0 aromatic carbocycles. The summed E-state index contributed by atoms with van der Waals surface area (Å²) in [4.78, 5) is 18.1. The zero-order valence-corrected chi connectivity index (χ0v) is 22.1. The predicted octanol–water partition coefficient (Wildman–Crippen LogP) is 5.18. The lowest BCUT2D eigenvalue weighted by Crippen LogP contribution is -2.23. The average Bonchev–Trinajstić information content (AvgIpc) is 2.85. The summed E-state index contributed by atoms with van der Waals surface area (Å²) in [5.74, 6) is -0.483. The van der Waals surface area contributed by atoms with Gasteiger partial charge in [0.25, 0.3) is 0 Å². The van der Waals surface area contributed by atoms with Gasteiger partial charge in [-0.3, -0.25) is 9.79 Å². The standard InChI is InChI=1S/C27H35ClFN5O2/c1-7-22(28)23(29)12-10-17-32-24(21(3)20-30)13-9-14-25(26(36-8-2)16-18-31-4)33-27(35)15-11-19-34(5)6/h7,9-13,15-16,18,32H,1,4,8,14,17,19H2,2-3,5-6H3,(H,33,35)/b12-10-,13-9+,15-11+,18-16+,23-22-,24-21-,26-25-. The van der Waals surface area contributed by atoms with Crippen LogP contribution in [0.15, 0.2) is 100.0 Å². The molecule has 36 heavy (non-hydrogen) atoms. The molecule has 0 saturated carbocycles. The molecule has 0 aromatic heterocycles. The molecule has 194 valence electrons. The van der Waals surface area contributed by atoms with Crippen molar-refractivity contribution in [1.82, 2.24) is 15.5 Å². The van der Waals surface area contributed by atoms with Crippen molar-refractivity contribution in [1.29, 1.82) is 5.26 Å².